The van der Waals surface area contributed by atoms with Crippen molar-refractivity contribution in [2.45, 2.75) is 32.6 Å². The highest BCUT2D eigenvalue weighted by Gasteiger charge is 2.28. The molecule has 2 aromatic heterocycles. The van der Waals surface area contributed by atoms with E-state index >= 15 is 0 Å². The summed E-state index contributed by atoms with van der Waals surface area (Å²) in [6, 6.07) is 9.45. The highest BCUT2D eigenvalue weighted by molar-refractivity contribution is 7.07. The van der Waals surface area contributed by atoms with Gasteiger partial charge in [0.15, 0.2) is 5.60 Å². The topological polar surface area (TPSA) is 77.2 Å². The number of carbonyl (C=O) groups is 1. The number of ether oxygens (including phenoxy) is 1. The molecule has 0 amide bonds. The standard InChI is InChI=1S/C18H18ClN3O3S/c1-18(2,17(23)24)25-9-13-7-16(15-10-26-11-20-15)22(21-13)8-12-5-3-4-6-14(12)19/h3-7,10-11H,8-9H2,1-2H3,(H,23,24). The summed E-state index contributed by atoms with van der Waals surface area (Å²) in [5.74, 6) is -1.02. The van der Waals surface area contributed by atoms with Crippen molar-refractivity contribution in [3.05, 3.63) is 57.5 Å². The van der Waals surface area contributed by atoms with Crippen LogP contribution in [0.5, 0.6) is 0 Å². The number of hydrogen-bond donors (Lipinski definition) is 1. The number of thiazole rings is 1. The van der Waals surface area contributed by atoms with Gasteiger partial charge < -0.3 is 9.84 Å². The van der Waals surface area contributed by atoms with Gasteiger partial charge >= 0.3 is 5.97 Å². The molecule has 3 rings (SSSR count). The molecule has 3 aromatic rings. The minimum atomic E-state index is -1.28. The van der Waals surface area contributed by atoms with Crippen LogP contribution < -0.4 is 0 Å². The molecule has 0 bridgehead atoms. The normalized spacial score (nSPS) is 11.7. The van der Waals surface area contributed by atoms with E-state index in [1.807, 2.05) is 40.4 Å². The molecule has 6 nitrogen and oxygen atoms in total. The summed E-state index contributed by atoms with van der Waals surface area (Å²) in [6.45, 7) is 3.59. The molecule has 26 heavy (non-hydrogen) atoms. The number of aliphatic carboxylic acids is 1. The van der Waals surface area contributed by atoms with Crippen LogP contribution in [0.25, 0.3) is 11.4 Å². The van der Waals surface area contributed by atoms with Gasteiger partial charge in [0.1, 0.15) is 0 Å². The fourth-order valence-corrected chi connectivity index (χ4v) is 3.05. The average molecular weight is 392 g/mol. The van der Waals surface area contributed by atoms with Crippen LogP contribution in [0, 0.1) is 0 Å². The van der Waals surface area contributed by atoms with Crippen molar-refractivity contribution >= 4 is 28.9 Å². The highest BCUT2D eigenvalue weighted by atomic mass is 35.5. The predicted octanol–water partition coefficient (Wildman–Crippen LogP) is 4.09. The summed E-state index contributed by atoms with van der Waals surface area (Å²) in [5.41, 5.74) is 3.68. The maximum Gasteiger partial charge on any atom is 0.335 e. The van der Waals surface area contributed by atoms with Crippen LogP contribution in [0.3, 0.4) is 0 Å². The van der Waals surface area contributed by atoms with E-state index in [0.29, 0.717) is 17.3 Å². The molecule has 136 valence electrons. The fraction of sp³-hybridized carbons (Fsp3) is 0.278. The summed E-state index contributed by atoms with van der Waals surface area (Å²) in [5, 5.41) is 16.4. The minimum Gasteiger partial charge on any atom is -0.479 e. The second-order valence-electron chi connectivity index (χ2n) is 6.25. The molecule has 0 atom stereocenters. The number of nitrogens with zero attached hydrogens (tertiary/aromatic N) is 3. The van der Waals surface area contributed by atoms with Crippen LogP contribution >= 0.6 is 22.9 Å². The van der Waals surface area contributed by atoms with Gasteiger partial charge in [0.25, 0.3) is 0 Å². The van der Waals surface area contributed by atoms with Crippen molar-refractivity contribution in [2.75, 3.05) is 0 Å². The Hall–Kier alpha value is -2.22. The Morgan fingerprint density at radius 1 is 1.38 bits per heavy atom. The Morgan fingerprint density at radius 2 is 2.15 bits per heavy atom. The number of rotatable bonds is 7. The van der Waals surface area contributed by atoms with Gasteiger partial charge in [-0.3, -0.25) is 4.68 Å². The van der Waals surface area contributed by atoms with Gasteiger partial charge in [-0.2, -0.15) is 5.10 Å². The molecule has 0 fully saturated rings. The summed E-state index contributed by atoms with van der Waals surface area (Å²) in [7, 11) is 0. The molecule has 1 N–H and O–H groups in total. The molecule has 0 saturated heterocycles. The first kappa shape index (κ1) is 18.6. The monoisotopic (exact) mass is 391 g/mol. The number of aromatic nitrogens is 3. The number of benzene rings is 1. The Bertz CT molecular complexity index is 906. The largest absolute Gasteiger partial charge is 0.479 e. The lowest BCUT2D eigenvalue weighted by atomic mass is 10.1. The van der Waals surface area contributed by atoms with E-state index in [1.54, 1.807) is 5.51 Å². The first-order valence-corrected chi connectivity index (χ1v) is 9.25. The Balaban J connectivity index is 1.89. The molecule has 0 unspecified atom stereocenters. The van der Waals surface area contributed by atoms with Gasteiger partial charge in [-0.1, -0.05) is 29.8 Å². The smallest absolute Gasteiger partial charge is 0.335 e. The van der Waals surface area contributed by atoms with Crippen molar-refractivity contribution in [3.63, 3.8) is 0 Å². The zero-order chi connectivity index (χ0) is 18.7. The van der Waals surface area contributed by atoms with E-state index < -0.39 is 11.6 Å². The second-order valence-corrected chi connectivity index (χ2v) is 7.37. The maximum absolute atomic E-state index is 11.2. The molecule has 0 aliphatic heterocycles. The van der Waals surface area contributed by atoms with Crippen molar-refractivity contribution in [1.82, 2.24) is 14.8 Å². The second kappa shape index (κ2) is 7.57. The van der Waals surface area contributed by atoms with E-state index in [0.717, 1.165) is 17.0 Å². The van der Waals surface area contributed by atoms with Gasteiger partial charge in [0, 0.05) is 10.4 Å². The lowest BCUT2D eigenvalue weighted by molar-refractivity contribution is -0.162. The zero-order valence-corrected chi connectivity index (χ0v) is 15.9. The zero-order valence-electron chi connectivity index (χ0n) is 14.3. The maximum atomic E-state index is 11.2. The quantitative estimate of drug-likeness (QED) is 0.656. The highest BCUT2D eigenvalue weighted by Crippen LogP contribution is 2.24. The van der Waals surface area contributed by atoms with E-state index in [-0.39, 0.29) is 6.61 Å². The SMILES string of the molecule is CC(C)(OCc1cc(-c2cscn2)n(Cc2ccccc2Cl)n1)C(=O)O. The van der Waals surface area contributed by atoms with Crippen LogP contribution in [0.15, 0.2) is 41.2 Å². The minimum absolute atomic E-state index is 0.0892. The molecule has 2 heterocycles. The number of hydrogen-bond acceptors (Lipinski definition) is 5. The third-order valence-electron chi connectivity index (χ3n) is 3.90. The molecule has 0 spiro atoms. The van der Waals surface area contributed by atoms with E-state index in [2.05, 4.69) is 10.1 Å². The summed E-state index contributed by atoms with van der Waals surface area (Å²) < 4.78 is 7.33. The molecule has 1 aromatic carbocycles. The van der Waals surface area contributed by atoms with Crippen molar-refractivity contribution in [1.29, 1.82) is 0 Å². The number of halogens is 1. The Kier molecular flexibility index (Phi) is 5.41. The Morgan fingerprint density at radius 3 is 2.81 bits per heavy atom. The van der Waals surface area contributed by atoms with Crippen LogP contribution in [0.4, 0.5) is 0 Å². The molecule has 0 aliphatic carbocycles. The summed E-state index contributed by atoms with van der Waals surface area (Å²) in [4.78, 5) is 15.6. The lowest BCUT2D eigenvalue weighted by Crippen LogP contribution is -2.34. The fourth-order valence-electron chi connectivity index (χ4n) is 2.31. The molecule has 8 heteroatoms. The Labute approximate surface area is 160 Å². The van der Waals surface area contributed by atoms with E-state index in [4.69, 9.17) is 16.3 Å². The van der Waals surface area contributed by atoms with Gasteiger partial charge in [0.2, 0.25) is 0 Å². The first-order valence-electron chi connectivity index (χ1n) is 7.93. The summed E-state index contributed by atoms with van der Waals surface area (Å²) >= 11 is 7.77. The number of carboxylic acids is 1. The summed E-state index contributed by atoms with van der Waals surface area (Å²) in [6.07, 6.45) is 0. The first-order chi connectivity index (χ1) is 12.4. The van der Waals surface area contributed by atoms with Crippen molar-refractivity contribution < 1.29 is 14.6 Å². The third-order valence-corrected chi connectivity index (χ3v) is 4.85. The molecular formula is C18H18ClN3O3S. The van der Waals surface area contributed by atoms with Gasteiger partial charge in [-0.05, 0) is 31.5 Å². The average Bonchev–Trinajstić information content (AvgIpc) is 3.24. The lowest BCUT2D eigenvalue weighted by Gasteiger charge is -2.19. The van der Waals surface area contributed by atoms with Crippen molar-refractivity contribution in [3.8, 4) is 11.4 Å². The van der Waals surface area contributed by atoms with Crippen LogP contribution in [-0.4, -0.2) is 31.4 Å². The molecule has 0 aliphatic rings. The predicted molar refractivity (Wildman–Crippen MR) is 100 cm³/mol. The third kappa shape index (κ3) is 4.12. The number of carboxylic acid groups (broad SMARTS) is 1. The van der Waals surface area contributed by atoms with Gasteiger partial charge in [-0.25, -0.2) is 9.78 Å². The van der Waals surface area contributed by atoms with Crippen LogP contribution in [0.2, 0.25) is 5.02 Å². The van der Waals surface area contributed by atoms with Gasteiger partial charge in [-0.15, -0.1) is 11.3 Å². The molecule has 0 saturated carbocycles. The van der Waals surface area contributed by atoms with Gasteiger partial charge in [0.05, 0.1) is 35.7 Å². The molecular weight excluding hydrogens is 374 g/mol. The van der Waals surface area contributed by atoms with Crippen molar-refractivity contribution in [2.24, 2.45) is 0 Å². The van der Waals surface area contributed by atoms with E-state index in [9.17, 15) is 9.90 Å². The van der Waals surface area contributed by atoms with E-state index in [1.165, 1.54) is 25.2 Å². The molecule has 0 radical (unpaired) electrons. The van der Waals surface area contributed by atoms with Crippen LogP contribution in [-0.2, 0) is 22.7 Å². The van der Waals surface area contributed by atoms with Crippen LogP contribution in [0.1, 0.15) is 25.1 Å².